The third-order valence-electron chi connectivity index (χ3n) is 4.45. The van der Waals surface area contributed by atoms with E-state index in [0.29, 0.717) is 11.5 Å². The van der Waals surface area contributed by atoms with Gasteiger partial charge in [0.2, 0.25) is 11.9 Å². The van der Waals surface area contributed by atoms with Crippen LogP contribution in [0.15, 0.2) is 36.4 Å². The maximum atomic E-state index is 13.0. The van der Waals surface area contributed by atoms with E-state index in [1.54, 1.807) is 12.1 Å². The third kappa shape index (κ3) is 6.29. The Bertz CT molecular complexity index is 950. The van der Waals surface area contributed by atoms with Gasteiger partial charge in [-0.25, -0.2) is 4.79 Å². The number of rotatable bonds is 9. The number of hydrogen-bond acceptors (Lipinski definition) is 7. The quantitative estimate of drug-likeness (QED) is 0.590. The first-order valence-electron chi connectivity index (χ1n) is 10.1. The maximum absolute atomic E-state index is 13.0. The van der Waals surface area contributed by atoms with Crippen LogP contribution in [0.4, 0.5) is 0 Å². The standard InChI is InChI=1S/C24H31NO7/c1-15-10-8-9-11-17(15)31-14-19(22(26)25-24(2,3)4)32-23(27)16-12-13-18(28-5)21(30-7)20(16)29-6/h8-13,19H,14H2,1-7H3,(H,25,26). The van der Waals surface area contributed by atoms with Crippen LogP contribution in [0.1, 0.15) is 36.7 Å². The van der Waals surface area contributed by atoms with Crippen molar-refractivity contribution in [2.45, 2.75) is 39.3 Å². The first-order chi connectivity index (χ1) is 15.1. The van der Waals surface area contributed by atoms with Crippen LogP contribution in [-0.2, 0) is 9.53 Å². The number of benzene rings is 2. The number of hydrogen-bond donors (Lipinski definition) is 1. The van der Waals surface area contributed by atoms with Gasteiger partial charge in [-0.05, 0) is 51.5 Å². The molecular formula is C24H31NO7. The number of carbonyl (C=O) groups is 2. The van der Waals surface area contributed by atoms with Gasteiger partial charge in [-0.1, -0.05) is 18.2 Å². The summed E-state index contributed by atoms with van der Waals surface area (Å²) in [6.45, 7) is 7.24. The molecule has 0 aliphatic carbocycles. The third-order valence-corrected chi connectivity index (χ3v) is 4.45. The fourth-order valence-corrected chi connectivity index (χ4v) is 2.95. The Morgan fingerprint density at radius 3 is 2.12 bits per heavy atom. The molecule has 1 atom stereocenters. The Hall–Kier alpha value is -3.42. The van der Waals surface area contributed by atoms with E-state index in [9.17, 15) is 9.59 Å². The summed E-state index contributed by atoms with van der Waals surface area (Å²) in [5.74, 6) is 0.152. The molecule has 0 fully saturated rings. The van der Waals surface area contributed by atoms with Crippen LogP contribution >= 0.6 is 0 Å². The molecule has 1 amide bonds. The van der Waals surface area contributed by atoms with E-state index in [-0.39, 0.29) is 23.7 Å². The van der Waals surface area contributed by atoms with Crippen LogP contribution in [0.25, 0.3) is 0 Å². The molecule has 0 bridgehead atoms. The Morgan fingerprint density at radius 1 is 0.906 bits per heavy atom. The average Bonchev–Trinajstić information content (AvgIpc) is 2.74. The smallest absolute Gasteiger partial charge is 0.342 e. The Morgan fingerprint density at radius 2 is 1.56 bits per heavy atom. The van der Waals surface area contributed by atoms with Crippen LogP contribution in [0.2, 0.25) is 0 Å². The summed E-state index contributed by atoms with van der Waals surface area (Å²) in [4.78, 5) is 25.9. The first-order valence-corrected chi connectivity index (χ1v) is 10.1. The minimum Gasteiger partial charge on any atom is -0.493 e. The molecule has 0 saturated heterocycles. The highest BCUT2D eigenvalue weighted by molar-refractivity contribution is 5.96. The Kier molecular flexibility index (Phi) is 8.34. The van der Waals surface area contributed by atoms with E-state index >= 15 is 0 Å². The molecule has 2 aromatic carbocycles. The van der Waals surface area contributed by atoms with Crippen LogP contribution in [0.3, 0.4) is 0 Å². The van der Waals surface area contributed by atoms with Gasteiger partial charge in [0.1, 0.15) is 17.9 Å². The number of amides is 1. The highest BCUT2D eigenvalue weighted by Crippen LogP contribution is 2.40. The predicted molar refractivity (Wildman–Crippen MR) is 120 cm³/mol. The molecule has 8 nitrogen and oxygen atoms in total. The van der Waals surface area contributed by atoms with Crippen LogP contribution in [0.5, 0.6) is 23.0 Å². The Labute approximate surface area is 188 Å². The van der Waals surface area contributed by atoms with Crippen molar-refractivity contribution >= 4 is 11.9 Å². The summed E-state index contributed by atoms with van der Waals surface area (Å²) >= 11 is 0. The minimum atomic E-state index is -1.20. The molecule has 0 aromatic heterocycles. The second kappa shape index (κ2) is 10.7. The lowest BCUT2D eigenvalue weighted by atomic mass is 10.1. The van der Waals surface area contributed by atoms with Crippen LogP contribution in [-0.4, -0.2) is 51.5 Å². The number of ether oxygens (including phenoxy) is 5. The largest absolute Gasteiger partial charge is 0.493 e. The van der Waals surface area contributed by atoms with E-state index in [1.807, 2.05) is 45.9 Å². The highest BCUT2D eigenvalue weighted by Gasteiger charge is 2.30. The lowest BCUT2D eigenvalue weighted by Gasteiger charge is -2.25. The number of carbonyl (C=O) groups excluding carboxylic acids is 2. The van der Waals surface area contributed by atoms with Gasteiger partial charge in [0.25, 0.3) is 5.91 Å². The van der Waals surface area contributed by atoms with Crippen molar-refractivity contribution in [1.82, 2.24) is 5.32 Å². The molecule has 0 aliphatic heterocycles. The molecule has 0 radical (unpaired) electrons. The molecular weight excluding hydrogens is 414 g/mol. The molecule has 174 valence electrons. The summed E-state index contributed by atoms with van der Waals surface area (Å²) in [7, 11) is 4.31. The molecule has 32 heavy (non-hydrogen) atoms. The zero-order valence-electron chi connectivity index (χ0n) is 19.6. The van der Waals surface area contributed by atoms with E-state index in [1.165, 1.54) is 27.4 Å². The fraction of sp³-hybridized carbons (Fsp3) is 0.417. The maximum Gasteiger partial charge on any atom is 0.342 e. The molecule has 0 spiro atoms. The van der Waals surface area contributed by atoms with Gasteiger partial charge in [0.05, 0.1) is 21.3 Å². The van der Waals surface area contributed by atoms with Crippen molar-refractivity contribution in [2.75, 3.05) is 27.9 Å². The monoisotopic (exact) mass is 445 g/mol. The van der Waals surface area contributed by atoms with E-state index in [2.05, 4.69) is 5.32 Å². The molecule has 2 aromatic rings. The molecule has 0 heterocycles. The summed E-state index contributed by atoms with van der Waals surface area (Å²) in [5, 5.41) is 2.82. The van der Waals surface area contributed by atoms with E-state index in [4.69, 9.17) is 23.7 Å². The zero-order valence-corrected chi connectivity index (χ0v) is 19.6. The molecule has 1 unspecified atom stereocenters. The van der Waals surface area contributed by atoms with E-state index in [0.717, 1.165) is 5.56 Å². The molecule has 8 heteroatoms. The van der Waals surface area contributed by atoms with Crippen molar-refractivity contribution in [1.29, 1.82) is 0 Å². The van der Waals surface area contributed by atoms with Crippen LogP contribution in [0, 0.1) is 6.92 Å². The lowest BCUT2D eigenvalue weighted by molar-refractivity contribution is -0.133. The van der Waals surface area contributed by atoms with Crippen molar-refractivity contribution in [3.63, 3.8) is 0 Å². The first kappa shape index (κ1) is 24.8. The number of esters is 1. The normalized spacial score (nSPS) is 11.8. The fourth-order valence-electron chi connectivity index (χ4n) is 2.95. The van der Waals surface area contributed by atoms with Gasteiger partial charge in [-0.3, -0.25) is 4.79 Å². The van der Waals surface area contributed by atoms with Crippen LogP contribution < -0.4 is 24.3 Å². The second-order valence-corrected chi connectivity index (χ2v) is 8.09. The number of methoxy groups -OCH3 is 3. The zero-order chi connectivity index (χ0) is 23.9. The topological polar surface area (TPSA) is 92.3 Å². The van der Waals surface area contributed by atoms with Gasteiger partial charge < -0.3 is 29.0 Å². The van der Waals surface area contributed by atoms with Crippen molar-refractivity contribution < 1.29 is 33.3 Å². The molecule has 2 rings (SSSR count). The van der Waals surface area contributed by atoms with Crippen molar-refractivity contribution in [3.8, 4) is 23.0 Å². The highest BCUT2D eigenvalue weighted by atomic mass is 16.6. The second-order valence-electron chi connectivity index (χ2n) is 8.09. The molecule has 0 saturated carbocycles. The number of aryl methyl sites for hydroxylation is 1. The minimum absolute atomic E-state index is 0.0922. The average molecular weight is 446 g/mol. The summed E-state index contributed by atoms with van der Waals surface area (Å²) in [5.41, 5.74) is 0.468. The van der Waals surface area contributed by atoms with Gasteiger partial charge in [-0.15, -0.1) is 0 Å². The van der Waals surface area contributed by atoms with Gasteiger partial charge in [-0.2, -0.15) is 0 Å². The SMILES string of the molecule is COc1ccc(C(=O)OC(COc2ccccc2C)C(=O)NC(C)(C)C)c(OC)c1OC. The van der Waals surface area contributed by atoms with Gasteiger partial charge in [0.15, 0.2) is 11.5 Å². The van der Waals surface area contributed by atoms with Gasteiger partial charge in [0, 0.05) is 5.54 Å². The summed E-state index contributed by atoms with van der Waals surface area (Å²) in [6.07, 6.45) is -1.20. The molecule has 0 aliphatic rings. The lowest BCUT2D eigenvalue weighted by Crippen LogP contribution is -2.49. The predicted octanol–water partition coefficient (Wildman–Crippen LogP) is 3.54. The van der Waals surface area contributed by atoms with Crippen molar-refractivity contribution in [3.05, 3.63) is 47.5 Å². The summed E-state index contributed by atoms with van der Waals surface area (Å²) in [6, 6.07) is 10.4. The molecule has 1 N–H and O–H groups in total. The van der Waals surface area contributed by atoms with E-state index < -0.39 is 23.5 Å². The van der Waals surface area contributed by atoms with Crippen molar-refractivity contribution in [2.24, 2.45) is 0 Å². The number of nitrogens with one attached hydrogen (secondary N) is 1. The summed E-state index contributed by atoms with van der Waals surface area (Å²) < 4.78 is 27.3. The number of para-hydroxylation sites is 1. The van der Waals surface area contributed by atoms with Gasteiger partial charge >= 0.3 is 5.97 Å². The Balaban J connectivity index is 2.31.